The number of rotatable bonds is 4. The molecular weight excluding hydrogens is 258 g/mol. The van der Waals surface area contributed by atoms with Gasteiger partial charge in [-0.25, -0.2) is 9.78 Å². The van der Waals surface area contributed by atoms with Crippen molar-refractivity contribution in [3.8, 4) is 5.88 Å². The Bertz CT molecular complexity index is 475. The molecule has 1 heterocycles. The van der Waals surface area contributed by atoms with Crippen LogP contribution in [-0.4, -0.2) is 26.8 Å². The molecule has 0 fully saturated rings. The smallest absolute Gasteiger partial charge is 0.408 e. The number of alkyl carbamates (subject to hydrolysis) is 1. The van der Waals surface area contributed by atoms with Gasteiger partial charge in [-0.15, -0.1) is 6.58 Å². The summed E-state index contributed by atoms with van der Waals surface area (Å²) in [5.41, 5.74) is -0.0623. The van der Waals surface area contributed by atoms with E-state index in [0.717, 1.165) is 0 Å². The third-order valence-electron chi connectivity index (χ3n) is 2.29. The number of carbonyl (C=O) groups excluding carboxylic acids is 1. The van der Waals surface area contributed by atoms with Crippen molar-refractivity contribution in [2.45, 2.75) is 45.8 Å². The van der Waals surface area contributed by atoms with Crippen LogP contribution < -0.4 is 5.32 Å². The Kier molecular flexibility index (Phi) is 5.07. The Labute approximate surface area is 118 Å². The summed E-state index contributed by atoms with van der Waals surface area (Å²) in [4.78, 5) is 19.8. The zero-order valence-corrected chi connectivity index (χ0v) is 12.3. The molecule has 1 rings (SSSR count). The fraction of sp³-hybridized carbons (Fsp3) is 0.500. The van der Waals surface area contributed by atoms with Gasteiger partial charge >= 0.3 is 6.09 Å². The highest BCUT2D eigenvalue weighted by molar-refractivity contribution is 5.68. The van der Waals surface area contributed by atoms with E-state index < -0.39 is 17.7 Å². The van der Waals surface area contributed by atoms with Crippen molar-refractivity contribution in [3.05, 3.63) is 30.2 Å². The van der Waals surface area contributed by atoms with Gasteiger partial charge in [0, 0.05) is 6.07 Å². The van der Waals surface area contributed by atoms with Crippen LogP contribution in [0.3, 0.4) is 0 Å². The van der Waals surface area contributed by atoms with Crippen LogP contribution in [0, 0.1) is 6.92 Å². The number of amides is 1. The molecule has 0 saturated carbocycles. The number of hydrogen-bond donors (Lipinski definition) is 2. The number of nitrogens with one attached hydrogen (secondary N) is 1. The largest absolute Gasteiger partial charge is 0.493 e. The Balaban J connectivity index is 2.88. The maximum absolute atomic E-state index is 11.8. The third kappa shape index (κ3) is 5.26. The first-order chi connectivity index (χ1) is 9.21. The molecule has 0 spiro atoms. The molecule has 20 heavy (non-hydrogen) atoms. The van der Waals surface area contributed by atoms with Crippen molar-refractivity contribution in [1.82, 2.24) is 15.3 Å². The van der Waals surface area contributed by atoms with Crippen molar-refractivity contribution in [2.75, 3.05) is 0 Å². The summed E-state index contributed by atoms with van der Waals surface area (Å²) in [5.74, 6) is 0.299. The number of aromatic nitrogens is 2. The molecule has 0 radical (unpaired) electrons. The van der Waals surface area contributed by atoms with E-state index in [4.69, 9.17) is 4.74 Å². The van der Waals surface area contributed by atoms with Gasteiger partial charge in [-0.3, -0.25) is 0 Å². The molecule has 1 amide bonds. The Morgan fingerprint density at radius 3 is 2.70 bits per heavy atom. The second kappa shape index (κ2) is 6.36. The maximum atomic E-state index is 11.8. The number of aryl methyl sites for hydroxylation is 1. The molecule has 2 N–H and O–H groups in total. The molecule has 0 aromatic carbocycles. The lowest BCUT2D eigenvalue weighted by atomic mass is 10.1. The van der Waals surface area contributed by atoms with Gasteiger partial charge in [0.2, 0.25) is 5.88 Å². The lowest BCUT2D eigenvalue weighted by Gasteiger charge is -2.23. The molecular formula is C14H21N3O3. The average molecular weight is 279 g/mol. The molecule has 1 aromatic rings. The number of ether oxygens (including phenoxy) is 1. The van der Waals surface area contributed by atoms with Crippen LogP contribution in [0.2, 0.25) is 0 Å². The van der Waals surface area contributed by atoms with E-state index in [-0.39, 0.29) is 5.88 Å². The Morgan fingerprint density at radius 1 is 1.55 bits per heavy atom. The predicted molar refractivity (Wildman–Crippen MR) is 75.4 cm³/mol. The van der Waals surface area contributed by atoms with Crippen LogP contribution in [0.1, 0.15) is 44.8 Å². The Morgan fingerprint density at radius 2 is 2.20 bits per heavy atom. The number of hydrogen-bond acceptors (Lipinski definition) is 5. The summed E-state index contributed by atoms with van der Waals surface area (Å²) >= 11 is 0. The number of aromatic hydroxyl groups is 1. The van der Waals surface area contributed by atoms with E-state index >= 15 is 0 Å². The topological polar surface area (TPSA) is 84.3 Å². The first-order valence-electron chi connectivity index (χ1n) is 6.36. The number of nitrogens with zero attached hydrogens (tertiary/aromatic N) is 2. The van der Waals surface area contributed by atoms with Crippen LogP contribution >= 0.6 is 0 Å². The molecule has 0 aliphatic rings. The van der Waals surface area contributed by atoms with Crippen LogP contribution in [0.4, 0.5) is 4.79 Å². The first-order valence-corrected chi connectivity index (χ1v) is 6.36. The van der Waals surface area contributed by atoms with Crippen molar-refractivity contribution in [3.63, 3.8) is 0 Å². The standard InChI is InChI=1S/C14H21N3O3/c1-6-7-10(17-13(19)20-14(3,4)5)11-8-12(18)16-9(2)15-11/h6,8,10H,1,7H2,2-5H3,(H,17,19)(H,15,16,18). The summed E-state index contributed by atoms with van der Waals surface area (Å²) in [6.07, 6.45) is 1.59. The van der Waals surface area contributed by atoms with Crippen molar-refractivity contribution >= 4 is 6.09 Å². The third-order valence-corrected chi connectivity index (χ3v) is 2.29. The van der Waals surface area contributed by atoms with Gasteiger partial charge in [0.1, 0.15) is 11.4 Å². The molecule has 110 valence electrons. The second-order valence-electron chi connectivity index (χ2n) is 5.42. The normalized spacial score (nSPS) is 12.6. The van der Waals surface area contributed by atoms with Gasteiger partial charge in [0.05, 0.1) is 11.7 Å². The molecule has 1 atom stereocenters. The van der Waals surface area contributed by atoms with Gasteiger partial charge in [-0.05, 0) is 34.1 Å². The predicted octanol–water partition coefficient (Wildman–Crippen LogP) is 2.63. The lowest BCUT2D eigenvalue weighted by Crippen LogP contribution is -2.35. The molecule has 0 aliphatic heterocycles. The minimum atomic E-state index is -0.577. The van der Waals surface area contributed by atoms with E-state index in [1.54, 1.807) is 33.8 Å². The van der Waals surface area contributed by atoms with Crippen molar-refractivity contribution in [2.24, 2.45) is 0 Å². The van der Waals surface area contributed by atoms with Gasteiger partial charge < -0.3 is 15.2 Å². The minimum absolute atomic E-state index is 0.132. The fourth-order valence-electron chi connectivity index (χ4n) is 1.62. The molecule has 0 aliphatic carbocycles. The van der Waals surface area contributed by atoms with Crippen LogP contribution in [0.15, 0.2) is 18.7 Å². The number of carbonyl (C=O) groups is 1. The molecule has 6 nitrogen and oxygen atoms in total. The summed E-state index contributed by atoms with van der Waals surface area (Å²) in [6.45, 7) is 10.7. The maximum Gasteiger partial charge on any atom is 0.408 e. The molecule has 6 heteroatoms. The van der Waals surface area contributed by atoms with Gasteiger partial charge in [-0.2, -0.15) is 4.98 Å². The minimum Gasteiger partial charge on any atom is -0.493 e. The van der Waals surface area contributed by atoms with Gasteiger partial charge in [0.25, 0.3) is 0 Å². The van der Waals surface area contributed by atoms with Gasteiger partial charge in [-0.1, -0.05) is 6.08 Å². The quantitative estimate of drug-likeness (QED) is 0.828. The van der Waals surface area contributed by atoms with Gasteiger partial charge in [0.15, 0.2) is 0 Å². The molecule has 0 bridgehead atoms. The summed E-state index contributed by atoms with van der Waals surface area (Å²) in [6, 6.07) is 0.994. The summed E-state index contributed by atoms with van der Waals surface area (Å²) in [5, 5.41) is 12.2. The van der Waals surface area contributed by atoms with Crippen LogP contribution in [-0.2, 0) is 4.74 Å². The highest BCUT2D eigenvalue weighted by atomic mass is 16.6. The molecule has 1 unspecified atom stereocenters. The van der Waals surface area contributed by atoms with E-state index in [2.05, 4.69) is 21.9 Å². The highest BCUT2D eigenvalue weighted by Crippen LogP contribution is 2.19. The SMILES string of the molecule is C=CCC(NC(=O)OC(C)(C)C)c1cc(O)nc(C)n1. The average Bonchev–Trinajstić information content (AvgIpc) is 2.24. The monoisotopic (exact) mass is 279 g/mol. The van der Waals surface area contributed by atoms with Crippen molar-refractivity contribution in [1.29, 1.82) is 0 Å². The molecule has 1 aromatic heterocycles. The van der Waals surface area contributed by atoms with E-state index in [9.17, 15) is 9.90 Å². The molecule has 0 saturated heterocycles. The first kappa shape index (κ1) is 15.9. The van der Waals surface area contributed by atoms with E-state index in [1.807, 2.05) is 0 Å². The van der Waals surface area contributed by atoms with Crippen LogP contribution in [0.5, 0.6) is 5.88 Å². The highest BCUT2D eigenvalue weighted by Gasteiger charge is 2.21. The van der Waals surface area contributed by atoms with E-state index in [1.165, 1.54) is 6.07 Å². The Hall–Kier alpha value is -2.11. The summed E-state index contributed by atoms with van der Waals surface area (Å²) in [7, 11) is 0. The zero-order chi connectivity index (χ0) is 15.3. The lowest BCUT2D eigenvalue weighted by molar-refractivity contribution is 0.0502. The van der Waals surface area contributed by atoms with Crippen LogP contribution in [0.25, 0.3) is 0 Å². The zero-order valence-electron chi connectivity index (χ0n) is 12.3. The summed E-state index contributed by atoms with van der Waals surface area (Å²) < 4.78 is 5.21. The second-order valence-corrected chi connectivity index (χ2v) is 5.42. The van der Waals surface area contributed by atoms with Crippen molar-refractivity contribution < 1.29 is 14.6 Å². The van der Waals surface area contributed by atoms with E-state index in [0.29, 0.717) is 17.9 Å². The fourth-order valence-corrected chi connectivity index (χ4v) is 1.62.